The van der Waals surface area contributed by atoms with Crippen molar-refractivity contribution < 1.29 is 19.4 Å². The molecule has 0 spiro atoms. The molecule has 5 nitrogen and oxygen atoms in total. The molecule has 4 rings (SSSR count). The predicted octanol–water partition coefficient (Wildman–Crippen LogP) is 5.40. The molecule has 0 saturated carbocycles. The van der Waals surface area contributed by atoms with E-state index >= 15 is 0 Å². The maximum absolute atomic E-state index is 13.1. The van der Waals surface area contributed by atoms with Gasteiger partial charge in [0.05, 0.1) is 18.2 Å². The number of hydrogen-bond donors (Lipinski definition) is 1. The lowest BCUT2D eigenvalue weighted by Crippen LogP contribution is -2.31. The molecule has 0 aromatic heterocycles. The van der Waals surface area contributed by atoms with Gasteiger partial charge in [-0.15, -0.1) is 0 Å². The van der Waals surface area contributed by atoms with E-state index < -0.39 is 17.7 Å². The van der Waals surface area contributed by atoms with Crippen molar-refractivity contribution in [1.82, 2.24) is 4.90 Å². The van der Waals surface area contributed by atoms with Gasteiger partial charge in [-0.2, -0.15) is 0 Å². The number of carbonyl (C=O) groups excluding carboxylic acids is 2. The van der Waals surface area contributed by atoms with Gasteiger partial charge in [-0.25, -0.2) is 0 Å². The number of aliphatic hydroxyl groups excluding tert-OH is 1. The van der Waals surface area contributed by atoms with Crippen molar-refractivity contribution in [3.8, 4) is 5.75 Å². The third kappa shape index (κ3) is 4.78. The highest BCUT2D eigenvalue weighted by Gasteiger charge is 2.45. The van der Waals surface area contributed by atoms with Crippen LogP contribution in [0.4, 0.5) is 0 Å². The van der Waals surface area contributed by atoms with Crippen LogP contribution in [0.3, 0.4) is 0 Å². The molecule has 3 aromatic rings. The van der Waals surface area contributed by atoms with E-state index in [4.69, 9.17) is 16.3 Å². The minimum Gasteiger partial charge on any atom is -0.507 e. The van der Waals surface area contributed by atoms with Gasteiger partial charge in [0, 0.05) is 17.1 Å². The number of halogens is 1. The quantitative estimate of drug-likeness (QED) is 0.290. The summed E-state index contributed by atoms with van der Waals surface area (Å²) in [7, 11) is 0. The average molecular weight is 462 g/mol. The number of ketones is 1. The van der Waals surface area contributed by atoms with E-state index in [9.17, 15) is 14.7 Å². The molecule has 0 bridgehead atoms. The molecule has 0 radical (unpaired) electrons. The Morgan fingerprint density at radius 3 is 2.27 bits per heavy atom. The van der Waals surface area contributed by atoms with E-state index in [0.717, 1.165) is 5.56 Å². The second-order valence-electron chi connectivity index (χ2n) is 7.74. The Labute approximate surface area is 197 Å². The fourth-order valence-corrected chi connectivity index (χ4v) is 4.15. The van der Waals surface area contributed by atoms with Gasteiger partial charge in [0.25, 0.3) is 11.7 Å². The van der Waals surface area contributed by atoms with Gasteiger partial charge in [0.1, 0.15) is 11.5 Å². The van der Waals surface area contributed by atoms with E-state index in [1.54, 1.807) is 48.5 Å². The largest absolute Gasteiger partial charge is 0.507 e. The monoisotopic (exact) mass is 461 g/mol. The van der Waals surface area contributed by atoms with Crippen LogP contribution < -0.4 is 4.74 Å². The zero-order chi connectivity index (χ0) is 23.4. The molecule has 1 aliphatic rings. The van der Waals surface area contributed by atoms with E-state index in [1.165, 1.54) is 4.90 Å². The molecule has 1 atom stereocenters. The molecule has 1 heterocycles. The number of Topliss-reactive ketones (excluding diaryl/α,β-unsaturated/α-hetero) is 1. The Balaban J connectivity index is 1.75. The van der Waals surface area contributed by atoms with E-state index in [1.807, 2.05) is 37.3 Å². The number of rotatable bonds is 7. The average Bonchev–Trinajstić information content (AvgIpc) is 3.09. The highest BCUT2D eigenvalue weighted by atomic mass is 35.5. The molecule has 1 unspecified atom stereocenters. The summed E-state index contributed by atoms with van der Waals surface area (Å²) in [6, 6.07) is 22.8. The van der Waals surface area contributed by atoms with Crippen LogP contribution >= 0.6 is 11.6 Å². The van der Waals surface area contributed by atoms with Crippen LogP contribution in [0.15, 0.2) is 84.4 Å². The van der Waals surface area contributed by atoms with Crippen LogP contribution in [-0.4, -0.2) is 34.8 Å². The normalized spacial score (nSPS) is 17.4. The summed E-state index contributed by atoms with van der Waals surface area (Å²) in [5.41, 5.74) is 2.28. The van der Waals surface area contributed by atoms with Gasteiger partial charge >= 0.3 is 0 Å². The van der Waals surface area contributed by atoms with Gasteiger partial charge in [-0.1, -0.05) is 54.1 Å². The molecule has 1 aliphatic heterocycles. The molecule has 1 N–H and O–H groups in total. The summed E-state index contributed by atoms with van der Waals surface area (Å²) in [5, 5.41) is 11.7. The van der Waals surface area contributed by atoms with E-state index in [0.29, 0.717) is 41.5 Å². The number of amides is 1. The van der Waals surface area contributed by atoms with Gasteiger partial charge in [0.15, 0.2) is 0 Å². The number of likely N-dealkylation sites (tertiary alicyclic amines) is 1. The number of carbonyl (C=O) groups is 2. The summed E-state index contributed by atoms with van der Waals surface area (Å²) in [6.07, 6.45) is 0.584. The fourth-order valence-electron chi connectivity index (χ4n) is 4.03. The molecule has 1 saturated heterocycles. The minimum atomic E-state index is -0.711. The van der Waals surface area contributed by atoms with Crippen molar-refractivity contribution in [3.63, 3.8) is 0 Å². The smallest absolute Gasteiger partial charge is 0.295 e. The SMILES string of the molecule is CCOc1ccc(/C(O)=C2\C(=O)C(=O)N(CCc3ccccc3)C2c2ccc(Cl)cc2)cc1. The molecule has 0 aliphatic carbocycles. The summed E-state index contributed by atoms with van der Waals surface area (Å²) < 4.78 is 5.46. The Hall–Kier alpha value is -3.57. The zero-order valence-corrected chi connectivity index (χ0v) is 19.0. The number of hydrogen-bond acceptors (Lipinski definition) is 4. The van der Waals surface area contributed by atoms with Crippen LogP contribution in [-0.2, 0) is 16.0 Å². The number of aliphatic hydroxyl groups is 1. The fraction of sp³-hybridized carbons (Fsp3) is 0.185. The first kappa shape index (κ1) is 22.6. The molecule has 1 amide bonds. The number of benzene rings is 3. The Morgan fingerprint density at radius 1 is 0.970 bits per heavy atom. The van der Waals surface area contributed by atoms with Crippen LogP contribution in [0.2, 0.25) is 5.02 Å². The molecule has 1 fully saturated rings. The van der Waals surface area contributed by atoms with Crippen LogP contribution in [0.1, 0.15) is 29.7 Å². The molecule has 6 heteroatoms. The van der Waals surface area contributed by atoms with Gasteiger partial charge < -0.3 is 14.7 Å². The Kier molecular flexibility index (Phi) is 6.80. The molecule has 3 aromatic carbocycles. The topological polar surface area (TPSA) is 66.8 Å². The second-order valence-corrected chi connectivity index (χ2v) is 8.17. The van der Waals surface area contributed by atoms with Crippen molar-refractivity contribution in [2.24, 2.45) is 0 Å². The minimum absolute atomic E-state index is 0.0690. The van der Waals surface area contributed by atoms with Gasteiger partial charge in [-0.3, -0.25) is 9.59 Å². The Morgan fingerprint density at radius 2 is 1.64 bits per heavy atom. The lowest BCUT2D eigenvalue weighted by Gasteiger charge is -2.25. The number of nitrogens with zero attached hydrogens (tertiary/aromatic N) is 1. The molecule has 33 heavy (non-hydrogen) atoms. The van der Waals surface area contributed by atoms with Crippen molar-refractivity contribution >= 4 is 29.1 Å². The zero-order valence-electron chi connectivity index (χ0n) is 18.2. The third-order valence-corrected chi connectivity index (χ3v) is 5.90. The maximum Gasteiger partial charge on any atom is 0.295 e. The molecule has 168 valence electrons. The highest BCUT2D eigenvalue weighted by Crippen LogP contribution is 2.40. The van der Waals surface area contributed by atoms with Crippen LogP contribution in [0.5, 0.6) is 5.75 Å². The predicted molar refractivity (Wildman–Crippen MR) is 128 cm³/mol. The second kappa shape index (κ2) is 9.92. The van der Waals surface area contributed by atoms with Crippen molar-refractivity contribution in [3.05, 3.63) is 106 Å². The molecular formula is C27H24ClNO4. The Bertz CT molecular complexity index is 1170. The highest BCUT2D eigenvalue weighted by molar-refractivity contribution is 6.46. The van der Waals surface area contributed by atoms with Gasteiger partial charge in [-0.05, 0) is 60.9 Å². The van der Waals surface area contributed by atoms with Crippen molar-refractivity contribution in [2.75, 3.05) is 13.2 Å². The van der Waals surface area contributed by atoms with Crippen LogP contribution in [0.25, 0.3) is 5.76 Å². The first-order chi connectivity index (χ1) is 16.0. The first-order valence-electron chi connectivity index (χ1n) is 10.8. The summed E-state index contributed by atoms with van der Waals surface area (Å²) in [4.78, 5) is 27.7. The lowest BCUT2D eigenvalue weighted by molar-refractivity contribution is -0.139. The third-order valence-electron chi connectivity index (χ3n) is 5.65. The van der Waals surface area contributed by atoms with E-state index in [2.05, 4.69) is 0 Å². The van der Waals surface area contributed by atoms with Crippen molar-refractivity contribution in [1.29, 1.82) is 0 Å². The standard InChI is InChI=1S/C27H24ClNO4/c1-2-33-22-14-10-20(11-15-22)25(30)23-24(19-8-12-21(28)13-9-19)29(27(32)26(23)31)17-16-18-6-4-3-5-7-18/h3-15,24,30H,2,16-17H2,1H3/b25-23+. The van der Waals surface area contributed by atoms with Gasteiger partial charge in [0.2, 0.25) is 0 Å². The molecular weight excluding hydrogens is 438 g/mol. The van der Waals surface area contributed by atoms with Crippen molar-refractivity contribution in [2.45, 2.75) is 19.4 Å². The summed E-state index contributed by atoms with van der Waals surface area (Å²) >= 11 is 6.07. The lowest BCUT2D eigenvalue weighted by atomic mass is 9.95. The summed E-state index contributed by atoms with van der Waals surface area (Å²) in [6.45, 7) is 2.74. The maximum atomic E-state index is 13.1. The van der Waals surface area contributed by atoms with Crippen LogP contribution in [0, 0.1) is 0 Å². The first-order valence-corrected chi connectivity index (χ1v) is 11.2. The number of ether oxygens (including phenoxy) is 1. The summed E-state index contributed by atoms with van der Waals surface area (Å²) in [5.74, 6) is -0.877. The van der Waals surface area contributed by atoms with E-state index in [-0.39, 0.29) is 11.3 Å².